The van der Waals surface area contributed by atoms with Gasteiger partial charge in [0.2, 0.25) is 0 Å². The van der Waals surface area contributed by atoms with E-state index in [-0.39, 0.29) is 10.6 Å². The summed E-state index contributed by atoms with van der Waals surface area (Å²) in [4.78, 5) is 15.8. The molecular formula is C19H20ClFN2OS. The summed E-state index contributed by atoms with van der Waals surface area (Å²) < 4.78 is 13.9. The minimum Gasteiger partial charge on any atom is -0.322 e. The van der Waals surface area contributed by atoms with Crippen LogP contribution >= 0.6 is 23.4 Å². The molecule has 1 heterocycles. The van der Waals surface area contributed by atoms with Gasteiger partial charge in [0, 0.05) is 15.8 Å². The van der Waals surface area contributed by atoms with Crippen LogP contribution in [0.15, 0.2) is 47.4 Å². The fourth-order valence-corrected chi connectivity index (χ4v) is 4.28. The number of hydrogen-bond acceptors (Lipinski definition) is 3. The van der Waals surface area contributed by atoms with Crippen molar-refractivity contribution < 1.29 is 9.18 Å². The summed E-state index contributed by atoms with van der Waals surface area (Å²) in [6.45, 7) is 2.22. The third kappa shape index (κ3) is 4.75. The van der Waals surface area contributed by atoms with Gasteiger partial charge in [0.05, 0.1) is 10.6 Å². The Morgan fingerprint density at radius 3 is 2.68 bits per heavy atom. The van der Waals surface area contributed by atoms with E-state index in [9.17, 15) is 9.18 Å². The Morgan fingerprint density at radius 1 is 1.24 bits per heavy atom. The summed E-state index contributed by atoms with van der Waals surface area (Å²) in [5, 5.41) is 3.43. The molecule has 1 saturated heterocycles. The molecule has 1 N–H and O–H groups in total. The fraction of sp³-hybridized carbons (Fsp3) is 0.316. The first-order chi connectivity index (χ1) is 12.0. The van der Waals surface area contributed by atoms with Crippen LogP contribution in [0.4, 0.5) is 10.1 Å². The van der Waals surface area contributed by atoms with Crippen LogP contribution in [0.2, 0.25) is 5.02 Å². The highest BCUT2D eigenvalue weighted by Gasteiger charge is 2.19. The van der Waals surface area contributed by atoms with Crippen molar-refractivity contribution in [3.63, 3.8) is 0 Å². The summed E-state index contributed by atoms with van der Waals surface area (Å²) in [6, 6.07) is 11.9. The van der Waals surface area contributed by atoms with Crippen LogP contribution in [-0.2, 0) is 0 Å². The van der Waals surface area contributed by atoms with Crippen molar-refractivity contribution >= 4 is 35.0 Å². The first-order valence-corrected chi connectivity index (χ1v) is 9.49. The Hall–Kier alpha value is -1.56. The van der Waals surface area contributed by atoms with Crippen molar-refractivity contribution in [1.82, 2.24) is 4.90 Å². The van der Waals surface area contributed by atoms with Crippen LogP contribution in [0.5, 0.6) is 0 Å². The average Bonchev–Trinajstić information content (AvgIpc) is 2.57. The van der Waals surface area contributed by atoms with Gasteiger partial charge in [-0.05, 0) is 63.3 Å². The molecule has 0 atom stereocenters. The molecule has 0 unspecified atom stereocenters. The third-order valence-electron chi connectivity index (χ3n) is 4.25. The van der Waals surface area contributed by atoms with Gasteiger partial charge < -0.3 is 10.2 Å². The standard InChI is InChI=1S/C19H20ClFN2OS/c1-23-10-8-14(9-11-23)25-15-5-2-4-13(12-15)22-19(24)18-16(20)6-3-7-17(18)21/h2-7,12,14H,8-11H2,1H3,(H,22,24). The minimum atomic E-state index is -0.623. The van der Waals surface area contributed by atoms with Crippen molar-refractivity contribution in [1.29, 1.82) is 0 Å². The molecule has 3 nitrogen and oxygen atoms in total. The monoisotopic (exact) mass is 378 g/mol. The van der Waals surface area contributed by atoms with E-state index < -0.39 is 11.7 Å². The topological polar surface area (TPSA) is 32.3 Å². The van der Waals surface area contributed by atoms with Crippen LogP contribution in [0, 0.1) is 5.82 Å². The summed E-state index contributed by atoms with van der Waals surface area (Å²) in [7, 11) is 2.14. The Bertz CT molecular complexity index is 743. The Labute approximate surface area is 156 Å². The zero-order valence-corrected chi connectivity index (χ0v) is 15.5. The molecule has 1 amide bonds. The van der Waals surface area contributed by atoms with Gasteiger partial charge in [-0.2, -0.15) is 0 Å². The lowest BCUT2D eigenvalue weighted by atomic mass is 10.1. The highest BCUT2D eigenvalue weighted by Crippen LogP contribution is 2.31. The van der Waals surface area contributed by atoms with Gasteiger partial charge in [-0.3, -0.25) is 4.79 Å². The van der Waals surface area contributed by atoms with Crippen molar-refractivity contribution in [2.45, 2.75) is 23.0 Å². The van der Waals surface area contributed by atoms with Crippen LogP contribution < -0.4 is 5.32 Å². The van der Waals surface area contributed by atoms with Crippen molar-refractivity contribution in [3.8, 4) is 0 Å². The number of nitrogens with zero attached hydrogens (tertiary/aromatic N) is 1. The number of thioether (sulfide) groups is 1. The molecule has 0 aromatic heterocycles. The largest absolute Gasteiger partial charge is 0.322 e. The molecule has 2 aromatic carbocycles. The lowest BCUT2D eigenvalue weighted by molar-refractivity contribution is 0.102. The molecule has 0 radical (unpaired) electrons. The third-order valence-corrected chi connectivity index (χ3v) is 5.90. The van der Waals surface area contributed by atoms with E-state index in [4.69, 9.17) is 11.6 Å². The number of amides is 1. The second-order valence-electron chi connectivity index (χ2n) is 6.20. The molecule has 1 fully saturated rings. The van der Waals surface area contributed by atoms with Gasteiger partial charge in [-0.1, -0.05) is 23.7 Å². The van der Waals surface area contributed by atoms with E-state index in [1.807, 2.05) is 30.0 Å². The summed E-state index contributed by atoms with van der Waals surface area (Å²) in [5.74, 6) is -1.16. The average molecular weight is 379 g/mol. The van der Waals surface area contributed by atoms with Crippen LogP contribution in [-0.4, -0.2) is 36.2 Å². The highest BCUT2D eigenvalue weighted by atomic mass is 35.5. The Morgan fingerprint density at radius 2 is 1.96 bits per heavy atom. The SMILES string of the molecule is CN1CCC(Sc2cccc(NC(=O)c3c(F)cccc3Cl)c2)CC1. The molecule has 2 aromatic rings. The summed E-state index contributed by atoms with van der Waals surface area (Å²) in [6.07, 6.45) is 2.31. The number of hydrogen-bond donors (Lipinski definition) is 1. The van der Waals surface area contributed by atoms with Gasteiger partial charge in [-0.25, -0.2) is 4.39 Å². The van der Waals surface area contributed by atoms with E-state index in [0.717, 1.165) is 30.8 Å². The van der Waals surface area contributed by atoms with Crippen LogP contribution in [0.25, 0.3) is 0 Å². The van der Waals surface area contributed by atoms with Gasteiger partial charge in [0.25, 0.3) is 5.91 Å². The number of piperidine rings is 1. The molecule has 0 saturated carbocycles. The van der Waals surface area contributed by atoms with Gasteiger partial charge in [0.1, 0.15) is 5.82 Å². The fourth-order valence-electron chi connectivity index (χ4n) is 2.85. The Balaban J connectivity index is 1.68. The Kier molecular flexibility index (Phi) is 5.99. The maximum atomic E-state index is 13.9. The van der Waals surface area contributed by atoms with Gasteiger partial charge >= 0.3 is 0 Å². The molecule has 25 heavy (non-hydrogen) atoms. The lowest BCUT2D eigenvalue weighted by Gasteiger charge is -2.28. The molecule has 0 bridgehead atoms. The summed E-state index contributed by atoms with van der Waals surface area (Å²) >= 11 is 7.79. The highest BCUT2D eigenvalue weighted by molar-refractivity contribution is 8.00. The molecule has 0 spiro atoms. The number of carbonyl (C=O) groups is 1. The number of rotatable bonds is 4. The number of halogens is 2. The van der Waals surface area contributed by atoms with E-state index >= 15 is 0 Å². The second-order valence-corrected chi connectivity index (χ2v) is 7.98. The van der Waals surface area contributed by atoms with Crippen molar-refractivity contribution in [2.75, 3.05) is 25.5 Å². The maximum absolute atomic E-state index is 13.9. The number of nitrogens with one attached hydrogen (secondary N) is 1. The molecule has 1 aliphatic heterocycles. The van der Waals surface area contributed by atoms with Crippen molar-refractivity contribution in [3.05, 3.63) is 58.9 Å². The summed E-state index contributed by atoms with van der Waals surface area (Å²) in [5.41, 5.74) is 0.514. The number of anilines is 1. The van der Waals surface area contributed by atoms with Gasteiger partial charge in [-0.15, -0.1) is 11.8 Å². The number of carbonyl (C=O) groups excluding carboxylic acids is 1. The molecule has 6 heteroatoms. The van der Waals surface area contributed by atoms with E-state index in [2.05, 4.69) is 17.3 Å². The van der Waals surface area contributed by atoms with E-state index in [1.54, 1.807) is 6.07 Å². The maximum Gasteiger partial charge on any atom is 0.260 e. The number of benzene rings is 2. The first-order valence-electron chi connectivity index (χ1n) is 8.23. The molecule has 3 rings (SSSR count). The van der Waals surface area contributed by atoms with E-state index in [1.165, 1.54) is 18.2 Å². The van der Waals surface area contributed by atoms with Crippen LogP contribution in [0.3, 0.4) is 0 Å². The molecule has 1 aliphatic rings. The quantitative estimate of drug-likeness (QED) is 0.819. The smallest absolute Gasteiger partial charge is 0.260 e. The predicted octanol–water partition coefficient (Wildman–Crippen LogP) is 4.92. The molecular weight excluding hydrogens is 359 g/mol. The zero-order valence-electron chi connectivity index (χ0n) is 14.0. The normalized spacial score (nSPS) is 16.0. The lowest BCUT2D eigenvalue weighted by Crippen LogP contribution is -2.31. The zero-order chi connectivity index (χ0) is 17.8. The minimum absolute atomic E-state index is 0.106. The number of likely N-dealkylation sites (tertiary alicyclic amines) is 1. The van der Waals surface area contributed by atoms with Crippen molar-refractivity contribution in [2.24, 2.45) is 0 Å². The van der Waals surface area contributed by atoms with Crippen LogP contribution in [0.1, 0.15) is 23.2 Å². The first kappa shape index (κ1) is 18.2. The molecule has 132 valence electrons. The molecule has 0 aliphatic carbocycles. The second kappa shape index (κ2) is 8.21. The predicted molar refractivity (Wildman–Crippen MR) is 102 cm³/mol. The van der Waals surface area contributed by atoms with E-state index in [0.29, 0.717) is 10.9 Å². The van der Waals surface area contributed by atoms with Gasteiger partial charge in [0.15, 0.2) is 0 Å².